The molecule has 0 aliphatic heterocycles. The zero-order valence-electron chi connectivity index (χ0n) is 15.6. The van der Waals surface area contributed by atoms with Gasteiger partial charge < -0.3 is 10.4 Å². The van der Waals surface area contributed by atoms with Crippen LogP contribution < -0.4 is 5.32 Å². The molecule has 1 aromatic carbocycles. The Hall–Kier alpha value is -3.41. The van der Waals surface area contributed by atoms with Gasteiger partial charge in [-0.1, -0.05) is 18.7 Å². The number of halogens is 1. The molecule has 28 heavy (non-hydrogen) atoms. The smallest absolute Gasteiger partial charge is 0.157 e. The molecule has 1 aliphatic carbocycles. The van der Waals surface area contributed by atoms with Crippen molar-refractivity contribution in [2.24, 2.45) is 0 Å². The van der Waals surface area contributed by atoms with Crippen molar-refractivity contribution in [1.29, 1.82) is 0 Å². The summed E-state index contributed by atoms with van der Waals surface area (Å²) in [5, 5.41) is 17.6. The van der Waals surface area contributed by atoms with Gasteiger partial charge in [0.2, 0.25) is 0 Å². The molecule has 0 amide bonds. The quantitative estimate of drug-likeness (QED) is 0.646. The number of fused-ring (bicyclic) bond motifs is 2. The SMILES string of the molecule is C=C/C(F)=C\C(=C/C)c1cc(NC2Cc3ccc(O)cc3C2)n2nccc2n1. The monoisotopic (exact) mass is 376 g/mol. The number of aromatic nitrogens is 3. The number of nitrogens with one attached hydrogen (secondary N) is 1. The van der Waals surface area contributed by atoms with Crippen LogP contribution >= 0.6 is 0 Å². The van der Waals surface area contributed by atoms with Crippen LogP contribution in [0, 0.1) is 0 Å². The summed E-state index contributed by atoms with van der Waals surface area (Å²) in [6.07, 6.45) is 7.76. The fraction of sp³-hybridized carbons (Fsp3) is 0.182. The molecule has 0 spiro atoms. The standard InChI is InChI=1S/C22H21FN4O/c1-3-14(9-17(23)4-2)20-13-22(27-21(26-20)7-8-24-27)25-18-10-15-5-6-19(28)12-16(15)11-18/h3-9,12-13,18,25,28H,2,10-11H2,1H3/b14-3+,17-9+. The highest BCUT2D eigenvalue weighted by Crippen LogP contribution is 2.29. The fourth-order valence-corrected chi connectivity index (χ4v) is 3.59. The molecular weight excluding hydrogens is 355 g/mol. The molecule has 2 heterocycles. The predicted molar refractivity (Wildman–Crippen MR) is 109 cm³/mol. The Labute approximate surface area is 162 Å². The Morgan fingerprint density at radius 2 is 2.11 bits per heavy atom. The van der Waals surface area contributed by atoms with Crippen LogP contribution in [0.1, 0.15) is 23.7 Å². The second-order valence-electron chi connectivity index (χ2n) is 6.81. The predicted octanol–water partition coefficient (Wildman–Crippen LogP) is 4.46. The number of allylic oxidation sites excluding steroid dienone is 5. The lowest BCUT2D eigenvalue weighted by atomic mass is 10.1. The molecule has 4 rings (SSSR count). The third-order valence-electron chi connectivity index (χ3n) is 4.93. The van der Waals surface area contributed by atoms with Crippen molar-refractivity contribution in [3.63, 3.8) is 0 Å². The first kappa shape index (κ1) is 18.0. The van der Waals surface area contributed by atoms with Gasteiger partial charge in [0.05, 0.1) is 11.9 Å². The number of hydrogen-bond donors (Lipinski definition) is 2. The van der Waals surface area contributed by atoms with Gasteiger partial charge in [-0.15, -0.1) is 0 Å². The normalized spacial score (nSPS) is 17.0. The Balaban J connectivity index is 1.68. The summed E-state index contributed by atoms with van der Waals surface area (Å²) >= 11 is 0. The second kappa shape index (κ2) is 7.31. The maximum absolute atomic E-state index is 13.7. The van der Waals surface area contributed by atoms with E-state index in [1.54, 1.807) is 16.8 Å². The van der Waals surface area contributed by atoms with E-state index in [4.69, 9.17) is 0 Å². The van der Waals surface area contributed by atoms with Crippen LogP contribution in [0.4, 0.5) is 10.2 Å². The van der Waals surface area contributed by atoms with Gasteiger partial charge >= 0.3 is 0 Å². The number of phenols is 1. The van der Waals surface area contributed by atoms with Gasteiger partial charge in [-0.2, -0.15) is 9.61 Å². The number of phenolic OH excluding ortho intramolecular Hbond substituents is 1. The molecule has 0 saturated heterocycles. The van der Waals surface area contributed by atoms with Gasteiger partial charge in [0.1, 0.15) is 17.4 Å². The van der Waals surface area contributed by atoms with Gasteiger partial charge in [-0.25, -0.2) is 9.37 Å². The Morgan fingerprint density at radius 1 is 1.29 bits per heavy atom. The Kier molecular flexibility index (Phi) is 4.69. The van der Waals surface area contributed by atoms with Crippen LogP contribution in [-0.2, 0) is 12.8 Å². The molecule has 2 N–H and O–H groups in total. The number of aromatic hydroxyl groups is 1. The molecule has 0 fully saturated rings. The summed E-state index contributed by atoms with van der Waals surface area (Å²) in [7, 11) is 0. The van der Waals surface area contributed by atoms with Crippen molar-refractivity contribution in [1.82, 2.24) is 14.6 Å². The minimum atomic E-state index is -0.413. The first-order chi connectivity index (χ1) is 13.6. The van der Waals surface area contributed by atoms with E-state index in [2.05, 4.69) is 22.0 Å². The van der Waals surface area contributed by atoms with Crippen LogP contribution in [0.2, 0.25) is 0 Å². The number of nitrogens with zero attached hydrogens (tertiary/aromatic N) is 3. The molecule has 0 saturated carbocycles. The molecule has 0 bridgehead atoms. The average Bonchev–Trinajstić information content (AvgIpc) is 3.31. The van der Waals surface area contributed by atoms with Gasteiger partial charge in [0.15, 0.2) is 5.65 Å². The van der Waals surface area contributed by atoms with Crippen molar-refractivity contribution in [2.45, 2.75) is 25.8 Å². The van der Waals surface area contributed by atoms with Crippen molar-refractivity contribution < 1.29 is 9.50 Å². The van der Waals surface area contributed by atoms with Crippen molar-refractivity contribution in [3.05, 3.63) is 84.0 Å². The molecule has 0 radical (unpaired) electrons. The van der Waals surface area contributed by atoms with E-state index in [9.17, 15) is 9.50 Å². The summed E-state index contributed by atoms with van der Waals surface area (Å²) in [6.45, 7) is 5.30. The lowest BCUT2D eigenvalue weighted by molar-refractivity contribution is 0.474. The molecule has 1 unspecified atom stereocenters. The summed E-state index contributed by atoms with van der Waals surface area (Å²) in [6, 6.07) is 9.37. The van der Waals surface area contributed by atoms with Crippen LogP contribution in [-0.4, -0.2) is 25.7 Å². The molecule has 2 aromatic heterocycles. The van der Waals surface area contributed by atoms with E-state index < -0.39 is 5.83 Å². The van der Waals surface area contributed by atoms with Gasteiger partial charge in [-0.05, 0) is 60.8 Å². The number of rotatable bonds is 5. The van der Waals surface area contributed by atoms with Crippen molar-refractivity contribution in [2.75, 3.05) is 5.32 Å². The third kappa shape index (κ3) is 3.41. The van der Waals surface area contributed by atoms with Gasteiger partial charge in [0, 0.05) is 18.2 Å². The zero-order chi connectivity index (χ0) is 19.7. The molecule has 6 heteroatoms. The van der Waals surface area contributed by atoms with E-state index in [1.807, 2.05) is 37.3 Å². The zero-order valence-corrected chi connectivity index (χ0v) is 15.6. The summed E-state index contributed by atoms with van der Waals surface area (Å²) in [4.78, 5) is 4.59. The summed E-state index contributed by atoms with van der Waals surface area (Å²) in [5.74, 6) is 0.663. The van der Waals surface area contributed by atoms with Crippen LogP contribution in [0.3, 0.4) is 0 Å². The van der Waals surface area contributed by atoms with Gasteiger partial charge in [-0.3, -0.25) is 0 Å². The lowest BCUT2D eigenvalue weighted by Crippen LogP contribution is -2.21. The van der Waals surface area contributed by atoms with Crippen molar-refractivity contribution in [3.8, 4) is 5.75 Å². The van der Waals surface area contributed by atoms with E-state index in [0.717, 1.165) is 24.2 Å². The third-order valence-corrected chi connectivity index (χ3v) is 4.93. The molecular formula is C22H21FN4O. The lowest BCUT2D eigenvalue weighted by Gasteiger charge is -2.16. The van der Waals surface area contributed by atoms with E-state index in [-0.39, 0.29) is 11.8 Å². The average molecular weight is 376 g/mol. The summed E-state index contributed by atoms with van der Waals surface area (Å²) < 4.78 is 15.5. The summed E-state index contributed by atoms with van der Waals surface area (Å²) in [5.41, 5.74) is 4.38. The number of benzene rings is 1. The largest absolute Gasteiger partial charge is 0.508 e. The van der Waals surface area contributed by atoms with E-state index >= 15 is 0 Å². The first-order valence-corrected chi connectivity index (χ1v) is 9.16. The van der Waals surface area contributed by atoms with Crippen LogP contribution in [0.25, 0.3) is 11.2 Å². The van der Waals surface area contributed by atoms with Crippen LogP contribution in [0.15, 0.2) is 67.2 Å². The Morgan fingerprint density at radius 3 is 2.89 bits per heavy atom. The highest BCUT2D eigenvalue weighted by atomic mass is 19.1. The molecule has 3 aromatic rings. The van der Waals surface area contributed by atoms with Crippen molar-refractivity contribution >= 4 is 17.0 Å². The highest BCUT2D eigenvalue weighted by Gasteiger charge is 2.23. The van der Waals surface area contributed by atoms with Crippen LogP contribution in [0.5, 0.6) is 5.75 Å². The minimum Gasteiger partial charge on any atom is -0.508 e. The highest BCUT2D eigenvalue weighted by molar-refractivity contribution is 5.75. The Bertz CT molecular complexity index is 1110. The van der Waals surface area contributed by atoms with E-state index in [1.165, 1.54) is 17.7 Å². The second-order valence-corrected chi connectivity index (χ2v) is 6.81. The fourth-order valence-electron chi connectivity index (χ4n) is 3.59. The maximum Gasteiger partial charge on any atom is 0.157 e. The minimum absolute atomic E-state index is 0.175. The number of anilines is 1. The van der Waals surface area contributed by atoms with Gasteiger partial charge in [0.25, 0.3) is 0 Å². The number of hydrogen-bond acceptors (Lipinski definition) is 4. The maximum atomic E-state index is 13.7. The molecule has 1 atom stereocenters. The molecule has 5 nitrogen and oxygen atoms in total. The molecule has 1 aliphatic rings. The first-order valence-electron chi connectivity index (χ1n) is 9.16. The van der Waals surface area contributed by atoms with E-state index in [0.29, 0.717) is 16.9 Å². The molecule has 142 valence electrons. The topological polar surface area (TPSA) is 62.5 Å².